The summed E-state index contributed by atoms with van der Waals surface area (Å²) in [6.45, 7) is 0.259. The molecule has 0 amide bonds. The molecule has 1 aromatic carbocycles. The summed E-state index contributed by atoms with van der Waals surface area (Å²) in [4.78, 5) is 4.30. The Kier molecular flexibility index (Phi) is 3.75. The number of rotatable bonds is 4. The summed E-state index contributed by atoms with van der Waals surface area (Å²) >= 11 is 5.92. The summed E-state index contributed by atoms with van der Waals surface area (Å²) in [6.07, 6.45) is 4.63. The number of aromatic nitrogens is 1. The molecule has 0 fully saturated rings. The molecule has 0 aliphatic carbocycles. The number of benzene rings is 1. The first kappa shape index (κ1) is 11.4. The number of fused-ring (bicyclic) bond motifs is 1. The fraction of sp³-hybridized carbons (Fsp3) is 0.308. The highest BCUT2D eigenvalue weighted by Gasteiger charge is 2.02. The van der Waals surface area contributed by atoms with E-state index in [0.717, 1.165) is 30.2 Å². The van der Waals surface area contributed by atoms with Crippen LogP contribution < -0.4 is 0 Å². The van der Waals surface area contributed by atoms with Crippen molar-refractivity contribution < 1.29 is 5.11 Å². The van der Waals surface area contributed by atoms with Crippen LogP contribution in [0.3, 0.4) is 0 Å². The van der Waals surface area contributed by atoms with Crippen molar-refractivity contribution >= 4 is 22.5 Å². The molecule has 1 heterocycles. The molecule has 1 N–H and O–H groups in total. The van der Waals surface area contributed by atoms with E-state index < -0.39 is 0 Å². The quantitative estimate of drug-likeness (QED) is 0.826. The van der Waals surface area contributed by atoms with Gasteiger partial charge in [-0.05, 0) is 43.0 Å². The van der Waals surface area contributed by atoms with Crippen molar-refractivity contribution in [3.8, 4) is 0 Å². The van der Waals surface area contributed by atoms with Gasteiger partial charge in [0.1, 0.15) is 0 Å². The minimum Gasteiger partial charge on any atom is -0.396 e. The maximum absolute atomic E-state index is 8.76. The zero-order valence-corrected chi connectivity index (χ0v) is 9.74. The number of nitrogens with zero attached hydrogens (tertiary/aromatic N) is 1. The number of hydrogen-bond donors (Lipinski definition) is 1. The zero-order chi connectivity index (χ0) is 11.4. The SMILES string of the molecule is OCCCCc1ccnc2cc(Cl)ccc12. The maximum Gasteiger partial charge on any atom is 0.0719 e. The smallest absolute Gasteiger partial charge is 0.0719 e. The van der Waals surface area contributed by atoms with Gasteiger partial charge in [-0.25, -0.2) is 0 Å². The first-order chi connectivity index (χ1) is 7.81. The summed E-state index contributed by atoms with van der Waals surface area (Å²) < 4.78 is 0. The Balaban J connectivity index is 2.30. The minimum atomic E-state index is 0.259. The average Bonchev–Trinajstić information content (AvgIpc) is 2.29. The van der Waals surface area contributed by atoms with Crippen LogP contribution in [0.4, 0.5) is 0 Å². The van der Waals surface area contributed by atoms with Crippen molar-refractivity contribution in [2.75, 3.05) is 6.61 Å². The molecule has 2 nitrogen and oxygen atoms in total. The molecule has 16 heavy (non-hydrogen) atoms. The minimum absolute atomic E-state index is 0.259. The monoisotopic (exact) mass is 235 g/mol. The summed E-state index contributed by atoms with van der Waals surface area (Å²) in [6, 6.07) is 7.82. The van der Waals surface area contributed by atoms with Gasteiger partial charge in [-0.15, -0.1) is 0 Å². The van der Waals surface area contributed by atoms with Gasteiger partial charge < -0.3 is 5.11 Å². The zero-order valence-electron chi connectivity index (χ0n) is 8.99. The maximum atomic E-state index is 8.76. The predicted octanol–water partition coefficient (Wildman–Crippen LogP) is 3.20. The Labute approximate surface area is 99.9 Å². The molecule has 0 saturated heterocycles. The van der Waals surface area contributed by atoms with Crippen molar-refractivity contribution in [3.05, 3.63) is 41.0 Å². The van der Waals surface area contributed by atoms with Gasteiger partial charge in [0.25, 0.3) is 0 Å². The van der Waals surface area contributed by atoms with Crippen molar-refractivity contribution in [1.29, 1.82) is 0 Å². The second-order valence-corrected chi connectivity index (χ2v) is 4.25. The van der Waals surface area contributed by atoms with Crippen LogP contribution in [0.5, 0.6) is 0 Å². The molecule has 1 aromatic heterocycles. The van der Waals surface area contributed by atoms with E-state index in [2.05, 4.69) is 4.98 Å². The van der Waals surface area contributed by atoms with Crippen LogP contribution in [0, 0.1) is 0 Å². The molecular formula is C13H14ClNO. The largest absolute Gasteiger partial charge is 0.396 e. The highest BCUT2D eigenvalue weighted by Crippen LogP contribution is 2.21. The van der Waals surface area contributed by atoms with Crippen molar-refractivity contribution in [3.63, 3.8) is 0 Å². The van der Waals surface area contributed by atoms with Gasteiger partial charge >= 0.3 is 0 Å². The first-order valence-electron chi connectivity index (χ1n) is 5.45. The summed E-state index contributed by atoms with van der Waals surface area (Å²) in [5, 5.41) is 10.6. The third-order valence-electron chi connectivity index (χ3n) is 2.65. The van der Waals surface area contributed by atoms with E-state index in [1.807, 2.05) is 30.5 Å². The molecule has 0 unspecified atom stereocenters. The van der Waals surface area contributed by atoms with E-state index in [1.54, 1.807) is 0 Å². The van der Waals surface area contributed by atoms with Crippen LogP contribution in [-0.2, 0) is 6.42 Å². The van der Waals surface area contributed by atoms with E-state index in [4.69, 9.17) is 16.7 Å². The molecule has 2 rings (SSSR count). The predicted molar refractivity (Wildman–Crippen MR) is 66.8 cm³/mol. The van der Waals surface area contributed by atoms with Crippen LogP contribution in [0.2, 0.25) is 5.02 Å². The third-order valence-corrected chi connectivity index (χ3v) is 2.88. The molecule has 84 valence electrons. The lowest BCUT2D eigenvalue weighted by molar-refractivity contribution is 0.284. The Bertz CT molecular complexity index is 484. The van der Waals surface area contributed by atoms with Crippen molar-refractivity contribution in [2.45, 2.75) is 19.3 Å². The number of aliphatic hydroxyl groups excluding tert-OH is 1. The molecule has 0 atom stereocenters. The number of halogens is 1. The number of aryl methyl sites for hydroxylation is 1. The van der Waals surface area contributed by atoms with Crippen molar-refractivity contribution in [2.24, 2.45) is 0 Å². The lowest BCUT2D eigenvalue weighted by atomic mass is 10.0. The molecule has 0 radical (unpaired) electrons. The van der Waals surface area contributed by atoms with Crippen molar-refractivity contribution in [1.82, 2.24) is 4.98 Å². The molecule has 3 heteroatoms. The van der Waals surface area contributed by atoms with Gasteiger partial charge in [0, 0.05) is 23.2 Å². The lowest BCUT2D eigenvalue weighted by Crippen LogP contribution is -1.91. The average molecular weight is 236 g/mol. The molecule has 0 saturated carbocycles. The van der Waals surface area contributed by atoms with Crippen LogP contribution in [-0.4, -0.2) is 16.7 Å². The van der Waals surface area contributed by atoms with Gasteiger partial charge in [-0.1, -0.05) is 17.7 Å². The Morgan fingerprint density at radius 3 is 2.88 bits per heavy atom. The molecule has 0 spiro atoms. The van der Waals surface area contributed by atoms with Crippen LogP contribution in [0.25, 0.3) is 10.9 Å². The van der Waals surface area contributed by atoms with Gasteiger partial charge in [-0.3, -0.25) is 4.98 Å². The summed E-state index contributed by atoms with van der Waals surface area (Å²) in [5.41, 5.74) is 2.21. The second kappa shape index (κ2) is 5.28. The van der Waals surface area contributed by atoms with Crippen LogP contribution >= 0.6 is 11.6 Å². The van der Waals surface area contributed by atoms with Crippen LogP contribution in [0.1, 0.15) is 18.4 Å². The van der Waals surface area contributed by atoms with Gasteiger partial charge in [-0.2, -0.15) is 0 Å². The molecule has 0 bridgehead atoms. The topological polar surface area (TPSA) is 33.1 Å². The van der Waals surface area contributed by atoms with E-state index in [0.29, 0.717) is 5.02 Å². The Morgan fingerprint density at radius 1 is 1.19 bits per heavy atom. The second-order valence-electron chi connectivity index (χ2n) is 3.81. The third kappa shape index (κ3) is 2.52. The van der Waals surface area contributed by atoms with E-state index in [1.165, 1.54) is 5.56 Å². The fourth-order valence-electron chi connectivity index (χ4n) is 1.83. The standard InChI is InChI=1S/C13H14ClNO/c14-11-4-5-12-10(3-1-2-8-16)6-7-15-13(12)9-11/h4-7,9,16H,1-3,8H2. The van der Waals surface area contributed by atoms with E-state index in [9.17, 15) is 0 Å². The number of pyridine rings is 1. The molecule has 0 aliphatic heterocycles. The lowest BCUT2D eigenvalue weighted by Gasteiger charge is -2.05. The first-order valence-corrected chi connectivity index (χ1v) is 5.83. The summed E-state index contributed by atoms with van der Waals surface area (Å²) in [5.74, 6) is 0. The number of unbranched alkanes of at least 4 members (excludes halogenated alkanes) is 1. The van der Waals surface area contributed by atoms with E-state index >= 15 is 0 Å². The molecular weight excluding hydrogens is 222 g/mol. The van der Waals surface area contributed by atoms with Gasteiger partial charge in [0.05, 0.1) is 5.52 Å². The highest BCUT2D eigenvalue weighted by molar-refractivity contribution is 6.31. The summed E-state index contributed by atoms with van der Waals surface area (Å²) in [7, 11) is 0. The number of hydrogen-bond acceptors (Lipinski definition) is 2. The van der Waals surface area contributed by atoms with E-state index in [-0.39, 0.29) is 6.61 Å². The van der Waals surface area contributed by atoms with Gasteiger partial charge in [0.2, 0.25) is 0 Å². The number of aliphatic hydroxyl groups is 1. The fourth-order valence-corrected chi connectivity index (χ4v) is 1.99. The van der Waals surface area contributed by atoms with Crippen LogP contribution in [0.15, 0.2) is 30.5 Å². The molecule has 2 aromatic rings. The Morgan fingerprint density at radius 2 is 2.06 bits per heavy atom. The normalized spacial score (nSPS) is 10.9. The highest BCUT2D eigenvalue weighted by atomic mass is 35.5. The Hall–Kier alpha value is -1.12. The van der Waals surface area contributed by atoms with Gasteiger partial charge in [0.15, 0.2) is 0 Å². The molecule has 0 aliphatic rings.